The van der Waals surface area contributed by atoms with Crippen molar-refractivity contribution in [3.8, 4) is 0 Å². The van der Waals surface area contributed by atoms with Crippen molar-refractivity contribution in [2.24, 2.45) is 17.6 Å². The van der Waals surface area contributed by atoms with Crippen LogP contribution in [0.1, 0.15) is 32.1 Å². The average Bonchev–Trinajstić information content (AvgIpc) is 2.72. The molecule has 1 aliphatic carbocycles. The highest BCUT2D eigenvalue weighted by molar-refractivity contribution is 5.79. The number of amides is 1. The van der Waals surface area contributed by atoms with Gasteiger partial charge in [0.2, 0.25) is 5.91 Å². The SMILES string of the molecule is CN1CCCC(CNC(=O)C2CCCC2N)C1. The highest BCUT2D eigenvalue weighted by Gasteiger charge is 2.30. The number of likely N-dealkylation sites (tertiary alicyclic amines) is 1. The Labute approximate surface area is 104 Å². The number of carbonyl (C=O) groups is 1. The van der Waals surface area contributed by atoms with E-state index in [4.69, 9.17) is 5.73 Å². The van der Waals surface area contributed by atoms with Crippen LogP contribution in [0.4, 0.5) is 0 Å². The van der Waals surface area contributed by atoms with Gasteiger partial charge in [0, 0.05) is 19.1 Å². The van der Waals surface area contributed by atoms with E-state index >= 15 is 0 Å². The number of piperidine rings is 1. The number of hydrogen-bond acceptors (Lipinski definition) is 3. The topological polar surface area (TPSA) is 58.4 Å². The summed E-state index contributed by atoms with van der Waals surface area (Å²) in [5, 5.41) is 3.10. The van der Waals surface area contributed by atoms with Crippen molar-refractivity contribution in [2.45, 2.75) is 38.1 Å². The fraction of sp³-hybridized carbons (Fsp3) is 0.923. The summed E-state index contributed by atoms with van der Waals surface area (Å²) in [6.07, 6.45) is 5.56. The zero-order valence-corrected chi connectivity index (χ0v) is 10.8. The third-order valence-corrected chi connectivity index (χ3v) is 4.19. The Morgan fingerprint density at radius 2 is 2.18 bits per heavy atom. The Morgan fingerprint density at radius 1 is 1.35 bits per heavy atom. The van der Waals surface area contributed by atoms with E-state index in [1.54, 1.807) is 0 Å². The van der Waals surface area contributed by atoms with Crippen LogP contribution in [0, 0.1) is 11.8 Å². The van der Waals surface area contributed by atoms with Gasteiger partial charge in [-0.3, -0.25) is 4.79 Å². The van der Waals surface area contributed by atoms with Crippen LogP contribution in [-0.4, -0.2) is 43.5 Å². The molecule has 1 heterocycles. The molecule has 1 amide bonds. The van der Waals surface area contributed by atoms with Gasteiger partial charge in [-0.1, -0.05) is 6.42 Å². The molecule has 1 saturated heterocycles. The van der Waals surface area contributed by atoms with Crippen molar-refractivity contribution in [1.29, 1.82) is 0 Å². The van der Waals surface area contributed by atoms with Crippen LogP contribution in [0.5, 0.6) is 0 Å². The number of hydrogen-bond donors (Lipinski definition) is 2. The van der Waals surface area contributed by atoms with Crippen LogP contribution >= 0.6 is 0 Å². The lowest BCUT2D eigenvalue weighted by atomic mass is 9.97. The minimum atomic E-state index is 0.0660. The lowest BCUT2D eigenvalue weighted by molar-refractivity contribution is -0.125. The molecule has 2 rings (SSSR count). The normalized spacial score (nSPS) is 34.8. The predicted molar refractivity (Wildman–Crippen MR) is 68.5 cm³/mol. The Hall–Kier alpha value is -0.610. The zero-order chi connectivity index (χ0) is 12.3. The molecule has 17 heavy (non-hydrogen) atoms. The van der Waals surface area contributed by atoms with Gasteiger partial charge in [0.1, 0.15) is 0 Å². The molecule has 0 spiro atoms. The highest BCUT2D eigenvalue weighted by atomic mass is 16.1. The lowest BCUT2D eigenvalue weighted by Crippen LogP contribution is -2.43. The molecule has 1 aliphatic heterocycles. The molecule has 3 N–H and O–H groups in total. The molecule has 3 atom stereocenters. The maximum Gasteiger partial charge on any atom is 0.224 e. The van der Waals surface area contributed by atoms with Crippen molar-refractivity contribution in [3.05, 3.63) is 0 Å². The second-order valence-electron chi connectivity index (χ2n) is 5.72. The third kappa shape index (κ3) is 3.42. The monoisotopic (exact) mass is 239 g/mol. The van der Waals surface area contributed by atoms with E-state index in [-0.39, 0.29) is 17.9 Å². The van der Waals surface area contributed by atoms with Gasteiger partial charge in [-0.2, -0.15) is 0 Å². The molecule has 0 radical (unpaired) electrons. The maximum absolute atomic E-state index is 12.0. The van der Waals surface area contributed by atoms with Crippen LogP contribution in [0.3, 0.4) is 0 Å². The van der Waals surface area contributed by atoms with Crippen LogP contribution in [0.15, 0.2) is 0 Å². The quantitative estimate of drug-likeness (QED) is 0.757. The molecule has 0 bridgehead atoms. The van der Waals surface area contributed by atoms with Crippen LogP contribution in [0.25, 0.3) is 0 Å². The summed E-state index contributed by atoms with van der Waals surface area (Å²) in [7, 11) is 2.15. The van der Waals surface area contributed by atoms with Crippen LogP contribution in [-0.2, 0) is 4.79 Å². The van der Waals surface area contributed by atoms with Crippen molar-refractivity contribution < 1.29 is 4.79 Å². The van der Waals surface area contributed by atoms with Gasteiger partial charge in [0.25, 0.3) is 0 Å². The van der Waals surface area contributed by atoms with E-state index in [9.17, 15) is 4.79 Å². The number of nitrogens with two attached hydrogens (primary N) is 1. The molecular weight excluding hydrogens is 214 g/mol. The second-order valence-corrected chi connectivity index (χ2v) is 5.72. The minimum absolute atomic E-state index is 0.0660. The lowest BCUT2D eigenvalue weighted by Gasteiger charge is -2.30. The number of nitrogens with one attached hydrogen (secondary N) is 1. The molecule has 0 aromatic rings. The Bertz CT molecular complexity index is 269. The summed E-state index contributed by atoms with van der Waals surface area (Å²) in [5.74, 6) is 0.870. The Morgan fingerprint density at radius 3 is 2.82 bits per heavy atom. The van der Waals surface area contributed by atoms with E-state index in [1.807, 2.05) is 0 Å². The summed E-state index contributed by atoms with van der Waals surface area (Å²) in [6, 6.07) is 0.0871. The smallest absolute Gasteiger partial charge is 0.224 e. The fourth-order valence-electron chi connectivity index (χ4n) is 3.13. The van der Waals surface area contributed by atoms with E-state index in [1.165, 1.54) is 19.4 Å². The predicted octanol–water partition coefficient (Wildman–Crippen LogP) is 0.572. The van der Waals surface area contributed by atoms with Gasteiger partial charge in [-0.15, -0.1) is 0 Å². The van der Waals surface area contributed by atoms with E-state index < -0.39 is 0 Å². The summed E-state index contributed by atoms with van der Waals surface area (Å²) < 4.78 is 0. The largest absolute Gasteiger partial charge is 0.355 e. The first-order valence-electron chi connectivity index (χ1n) is 6.88. The summed E-state index contributed by atoms with van der Waals surface area (Å²) >= 11 is 0. The molecule has 3 unspecified atom stereocenters. The second kappa shape index (κ2) is 5.83. The highest BCUT2D eigenvalue weighted by Crippen LogP contribution is 2.24. The summed E-state index contributed by atoms with van der Waals surface area (Å²) in [4.78, 5) is 14.3. The Kier molecular flexibility index (Phi) is 4.40. The van der Waals surface area contributed by atoms with Crippen LogP contribution < -0.4 is 11.1 Å². The maximum atomic E-state index is 12.0. The van der Waals surface area contributed by atoms with Gasteiger partial charge in [0.05, 0.1) is 5.92 Å². The molecule has 98 valence electrons. The molecular formula is C13H25N3O. The van der Waals surface area contributed by atoms with Crippen molar-refractivity contribution in [1.82, 2.24) is 10.2 Å². The molecule has 4 heteroatoms. The van der Waals surface area contributed by atoms with E-state index in [0.717, 1.165) is 32.4 Å². The number of nitrogens with zero attached hydrogens (tertiary/aromatic N) is 1. The minimum Gasteiger partial charge on any atom is -0.355 e. The molecule has 2 fully saturated rings. The van der Waals surface area contributed by atoms with Gasteiger partial charge < -0.3 is 16.0 Å². The van der Waals surface area contributed by atoms with Gasteiger partial charge >= 0.3 is 0 Å². The first-order chi connectivity index (χ1) is 8.16. The van der Waals surface area contributed by atoms with Crippen molar-refractivity contribution in [3.63, 3.8) is 0 Å². The molecule has 0 aromatic heterocycles. The van der Waals surface area contributed by atoms with E-state index in [2.05, 4.69) is 17.3 Å². The van der Waals surface area contributed by atoms with E-state index in [0.29, 0.717) is 5.92 Å². The standard InChI is InChI=1S/C13H25N3O/c1-16-7-3-4-10(9-16)8-15-13(17)11-5-2-6-12(11)14/h10-12H,2-9,14H2,1H3,(H,15,17). The summed E-state index contributed by atoms with van der Waals surface area (Å²) in [6.45, 7) is 3.13. The first-order valence-corrected chi connectivity index (χ1v) is 6.88. The number of rotatable bonds is 3. The van der Waals surface area contributed by atoms with Gasteiger partial charge in [0.15, 0.2) is 0 Å². The summed E-state index contributed by atoms with van der Waals surface area (Å²) in [5.41, 5.74) is 5.94. The molecule has 0 aromatic carbocycles. The Balaban J connectivity index is 1.72. The molecule has 1 saturated carbocycles. The third-order valence-electron chi connectivity index (χ3n) is 4.19. The van der Waals surface area contributed by atoms with Crippen molar-refractivity contribution in [2.75, 3.05) is 26.7 Å². The zero-order valence-electron chi connectivity index (χ0n) is 10.8. The van der Waals surface area contributed by atoms with Crippen LogP contribution in [0.2, 0.25) is 0 Å². The fourth-order valence-corrected chi connectivity index (χ4v) is 3.13. The van der Waals surface area contributed by atoms with Gasteiger partial charge in [-0.05, 0) is 45.2 Å². The number of carbonyl (C=O) groups excluding carboxylic acids is 1. The van der Waals surface area contributed by atoms with Crippen molar-refractivity contribution >= 4 is 5.91 Å². The molecule has 2 aliphatic rings. The molecule has 4 nitrogen and oxygen atoms in total. The average molecular weight is 239 g/mol. The first kappa shape index (κ1) is 12.8. The van der Waals surface area contributed by atoms with Gasteiger partial charge in [-0.25, -0.2) is 0 Å².